The fraction of sp³-hybridized carbons (Fsp3) is 0.444. The van der Waals surface area contributed by atoms with Crippen molar-refractivity contribution in [2.45, 2.75) is 26.4 Å². The number of ketones is 1. The number of carbonyl (C=O) groups excluding carboxylic acids is 2. The van der Waals surface area contributed by atoms with Gasteiger partial charge in [-0.05, 0) is 6.92 Å². The van der Waals surface area contributed by atoms with E-state index >= 15 is 0 Å². The molecule has 5 nitrogen and oxygen atoms in total. The van der Waals surface area contributed by atoms with E-state index in [0.717, 1.165) is 6.08 Å². The number of hydrogen-bond acceptors (Lipinski definition) is 4. The molecule has 0 aliphatic heterocycles. The molecule has 14 heavy (non-hydrogen) atoms. The zero-order valence-electron chi connectivity index (χ0n) is 8.02. The zero-order chi connectivity index (χ0) is 11.1. The number of carboxylic acid groups (broad SMARTS) is 1. The molecular formula is C9H12O5. The van der Waals surface area contributed by atoms with E-state index in [1.807, 2.05) is 0 Å². The van der Waals surface area contributed by atoms with Crippen molar-refractivity contribution in [3.05, 3.63) is 12.2 Å². The maximum absolute atomic E-state index is 11.0. The molecule has 0 amide bonds. The van der Waals surface area contributed by atoms with Gasteiger partial charge >= 0.3 is 11.9 Å². The largest absolute Gasteiger partial charge is 0.478 e. The molecule has 0 aliphatic rings. The van der Waals surface area contributed by atoms with E-state index in [0.29, 0.717) is 6.08 Å². The van der Waals surface area contributed by atoms with Crippen LogP contribution in [0.15, 0.2) is 12.2 Å². The van der Waals surface area contributed by atoms with Crippen LogP contribution in [0, 0.1) is 0 Å². The molecule has 0 saturated carbocycles. The summed E-state index contributed by atoms with van der Waals surface area (Å²) in [7, 11) is 0. The standard InChI is InChI=1S/C9H12O5/c1-3-7(10)6(2)14-9(13)5-4-8(11)12/h4-6H,3H2,1-2H3,(H,11,12). The van der Waals surface area contributed by atoms with Crippen LogP contribution >= 0.6 is 0 Å². The summed E-state index contributed by atoms with van der Waals surface area (Å²) in [6.07, 6.45) is 0.871. The van der Waals surface area contributed by atoms with Gasteiger partial charge in [-0.25, -0.2) is 9.59 Å². The van der Waals surface area contributed by atoms with Crippen molar-refractivity contribution >= 4 is 17.7 Å². The molecule has 1 N–H and O–H groups in total. The van der Waals surface area contributed by atoms with Crippen LogP contribution < -0.4 is 0 Å². The first-order chi connectivity index (χ1) is 6.47. The first-order valence-electron chi connectivity index (χ1n) is 4.11. The highest BCUT2D eigenvalue weighted by Gasteiger charge is 2.13. The zero-order valence-corrected chi connectivity index (χ0v) is 8.02. The van der Waals surface area contributed by atoms with E-state index < -0.39 is 18.0 Å². The predicted octanol–water partition coefficient (Wildman–Crippen LogP) is 0.538. The molecule has 1 atom stereocenters. The van der Waals surface area contributed by atoms with Gasteiger partial charge in [0.15, 0.2) is 11.9 Å². The van der Waals surface area contributed by atoms with Crippen LogP contribution in [0.4, 0.5) is 0 Å². The second-order valence-electron chi connectivity index (χ2n) is 2.57. The smallest absolute Gasteiger partial charge is 0.331 e. The Hall–Kier alpha value is -1.65. The van der Waals surface area contributed by atoms with Crippen LogP contribution in [0.2, 0.25) is 0 Å². The van der Waals surface area contributed by atoms with Crippen LogP contribution in [0.5, 0.6) is 0 Å². The summed E-state index contributed by atoms with van der Waals surface area (Å²) < 4.78 is 4.61. The van der Waals surface area contributed by atoms with Gasteiger partial charge in [0.25, 0.3) is 0 Å². The van der Waals surface area contributed by atoms with Gasteiger partial charge < -0.3 is 9.84 Å². The normalized spacial score (nSPS) is 12.4. The van der Waals surface area contributed by atoms with Crippen LogP contribution in [0.3, 0.4) is 0 Å². The molecule has 0 aliphatic carbocycles. The first kappa shape index (κ1) is 12.3. The van der Waals surface area contributed by atoms with E-state index in [1.54, 1.807) is 6.92 Å². The highest BCUT2D eigenvalue weighted by molar-refractivity contribution is 5.92. The highest BCUT2D eigenvalue weighted by Crippen LogP contribution is 1.97. The maximum atomic E-state index is 11.0. The lowest BCUT2D eigenvalue weighted by atomic mass is 10.2. The topological polar surface area (TPSA) is 80.7 Å². The van der Waals surface area contributed by atoms with Crippen LogP contribution in [0.1, 0.15) is 20.3 Å². The van der Waals surface area contributed by atoms with E-state index in [-0.39, 0.29) is 12.2 Å². The predicted molar refractivity (Wildman–Crippen MR) is 47.6 cm³/mol. The van der Waals surface area contributed by atoms with E-state index in [1.165, 1.54) is 6.92 Å². The monoisotopic (exact) mass is 200 g/mol. The number of aliphatic carboxylic acids is 1. The lowest BCUT2D eigenvalue weighted by Crippen LogP contribution is -2.22. The molecule has 0 aromatic rings. The molecule has 0 heterocycles. The van der Waals surface area contributed by atoms with Gasteiger partial charge in [0, 0.05) is 18.6 Å². The average Bonchev–Trinajstić information content (AvgIpc) is 2.13. The number of carboxylic acids is 1. The number of carbonyl (C=O) groups is 3. The highest BCUT2D eigenvalue weighted by atomic mass is 16.5. The molecule has 78 valence electrons. The lowest BCUT2D eigenvalue weighted by molar-refractivity contribution is -0.149. The number of ether oxygens (including phenoxy) is 1. The number of hydrogen-bond donors (Lipinski definition) is 1. The third-order valence-corrected chi connectivity index (χ3v) is 1.46. The second kappa shape index (κ2) is 5.90. The van der Waals surface area contributed by atoms with Crippen molar-refractivity contribution in [2.24, 2.45) is 0 Å². The van der Waals surface area contributed by atoms with E-state index in [9.17, 15) is 14.4 Å². The minimum Gasteiger partial charge on any atom is -0.478 e. The van der Waals surface area contributed by atoms with Gasteiger partial charge in [-0.15, -0.1) is 0 Å². The van der Waals surface area contributed by atoms with E-state index in [2.05, 4.69) is 4.74 Å². The third kappa shape index (κ3) is 5.08. The summed E-state index contributed by atoms with van der Waals surface area (Å²) in [5.41, 5.74) is 0. The Bertz CT molecular complexity index is 266. The summed E-state index contributed by atoms with van der Waals surface area (Å²) in [6, 6.07) is 0. The van der Waals surface area contributed by atoms with Gasteiger partial charge in [-0.1, -0.05) is 6.92 Å². The summed E-state index contributed by atoms with van der Waals surface area (Å²) in [5.74, 6) is -2.28. The summed E-state index contributed by atoms with van der Waals surface area (Å²) in [5, 5.41) is 8.19. The fourth-order valence-corrected chi connectivity index (χ4v) is 0.706. The number of rotatable bonds is 5. The SMILES string of the molecule is CCC(=O)C(C)OC(=O)C=CC(=O)O. The molecular weight excluding hydrogens is 188 g/mol. The van der Waals surface area contributed by atoms with Crippen molar-refractivity contribution in [3.63, 3.8) is 0 Å². The van der Waals surface area contributed by atoms with Crippen molar-refractivity contribution in [1.82, 2.24) is 0 Å². The Kier molecular flexibility index (Phi) is 5.21. The molecule has 5 heteroatoms. The van der Waals surface area contributed by atoms with Gasteiger partial charge in [0.1, 0.15) is 0 Å². The lowest BCUT2D eigenvalue weighted by Gasteiger charge is -2.08. The molecule has 0 aromatic heterocycles. The molecule has 0 aromatic carbocycles. The molecule has 0 saturated heterocycles. The van der Waals surface area contributed by atoms with Crippen LogP contribution in [-0.4, -0.2) is 28.9 Å². The number of esters is 1. The Morgan fingerprint density at radius 1 is 1.36 bits per heavy atom. The summed E-state index contributed by atoms with van der Waals surface area (Å²) in [4.78, 5) is 31.8. The summed E-state index contributed by atoms with van der Waals surface area (Å²) >= 11 is 0. The molecule has 1 unspecified atom stereocenters. The van der Waals surface area contributed by atoms with Crippen molar-refractivity contribution in [2.75, 3.05) is 0 Å². The number of Topliss-reactive ketones (excluding diaryl/α,β-unsaturated/α-hetero) is 1. The molecule has 0 bridgehead atoms. The van der Waals surface area contributed by atoms with Crippen molar-refractivity contribution in [3.8, 4) is 0 Å². The molecule has 0 spiro atoms. The second-order valence-corrected chi connectivity index (χ2v) is 2.57. The quantitative estimate of drug-likeness (QED) is 0.517. The minimum atomic E-state index is -1.24. The maximum Gasteiger partial charge on any atom is 0.331 e. The fourth-order valence-electron chi connectivity index (χ4n) is 0.706. The summed E-state index contributed by atoms with van der Waals surface area (Å²) in [6.45, 7) is 3.10. The van der Waals surface area contributed by atoms with Gasteiger partial charge in [-0.3, -0.25) is 4.79 Å². The average molecular weight is 200 g/mol. The molecule has 0 rings (SSSR count). The Morgan fingerprint density at radius 3 is 2.36 bits per heavy atom. The van der Waals surface area contributed by atoms with Gasteiger partial charge in [-0.2, -0.15) is 0 Å². The van der Waals surface area contributed by atoms with Crippen LogP contribution in [-0.2, 0) is 19.1 Å². The molecule has 0 radical (unpaired) electrons. The van der Waals surface area contributed by atoms with Gasteiger partial charge in [0.05, 0.1) is 0 Å². The first-order valence-corrected chi connectivity index (χ1v) is 4.11. The molecule has 0 fully saturated rings. The Labute approximate surface area is 81.4 Å². The minimum absolute atomic E-state index is 0.206. The Balaban J connectivity index is 4.07. The van der Waals surface area contributed by atoms with Crippen molar-refractivity contribution in [1.29, 1.82) is 0 Å². The van der Waals surface area contributed by atoms with Crippen molar-refractivity contribution < 1.29 is 24.2 Å². The third-order valence-electron chi connectivity index (χ3n) is 1.46. The van der Waals surface area contributed by atoms with Crippen LogP contribution in [0.25, 0.3) is 0 Å². The van der Waals surface area contributed by atoms with Gasteiger partial charge in [0.2, 0.25) is 0 Å². The van der Waals surface area contributed by atoms with E-state index in [4.69, 9.17) is 5.11 Å². The Morgan fingerprint density at radius 2 is 1.93 bits per heavy atom.